The topological polar surface area (TPSA) is 38.9 Å². The molecule has 8 heteroatoms. The summed E-state index contributed by atoms with van der Waals surface area (Å²) in [4.78, 5) is 3.20. The van der Waals surface area contributed by atoms with Crippen LogP contribution in [-0.2, 0) is 12.4 Å². The lowest BCUT2D eigenvalue weighted by molar-refractivity contribution is -0.141. The average molecular weight is 306 g/mol. The number of rotatable bonds is 1. The SMILES string of the molecule is Nc1ccc(-c2ccc(C(F)(F)F)nc2)cc1C(F)(F)F. The fourth-order valence-electron chi connectivity index (χ4n) is 1.71. The predicted octanol–water partition coefficient (Wildman–Crippen LogP) is 4.37. The Bertz CT molecular complexity index is 643. The van der Waals surface area contributed by atoms with Gasteiger partial charge in [0.1, 0.15) is 5.69 Å². The second-order valence-corrected chi connectivity index (χ2v) is 4.23. The Kier molecular flexibility index (Phi) is 3.56. The number of alkyl halides is 6. The summed E-state index contributed by atoms with van der Waals surface area (Å²) in [6.07, 6.45) is -8.37. The van der Waals surface area contributed by atoms with Crippen molar-refractivity contribution in [2.75, 3.05) is 5.73 Å². The van der Waals surface area contributed by atoms with Crippen molar-refractivity contribution in [2.45, 2.75) is 12.4 Å². The molecule has 0 fully saturated rings. The van der Waals surface area contributed by atoms with Crippen molar-refractivity contribution < 1.29 is 26.3 Å². The summed E-state index contributed by atoms with van der Waals surface area (Å²) in [6.45, 7) is 0. The van der Waals surface area contributed by atoms with E-state index in [0.29, 0.717) is 6.07 Å². The number of benzene rings is 1. The molecule has 2 nitrogen and oxygen atoms in total. The monoisotopic (exact) mass is 306 g/mol. The van der Waals surface area contributed by atoms with Gasteiger partial charge >= 0.3 is 12.4 Å². The number of halogens is 6. The van der Waals surface area contributed by atoms with Gasteiger partial charge in [-0.05, 0) is 23.8 Å². The highest BCUT2D eigenvalue weighted by Crippen LogP contribution is 2.36. The van der Waals surface area contributed by atoms with Crippen LogP contribution in [0.15, 0.2) is 36.5 Å². The second-order valence-electron chi connectivity index (χ2n) is 4.23. The maximum atomic E-state index is 12.7. The largest absolute Gasteiger partial charge is 0.433 e. The number of aromatic nitrogens is 1. The summed E-state index contributed by atoms with van der Waals surface area (Å²) in [7, 11) is 0. The molecule has 0 aliphatic carbocycles. The van der Waals surface area contributed by atoms with E-state index in [-0.39, 0.29) is 11.1 Å². The maximum Gasteiger partial charge on any atom is 0.433 e. The van der Waals surface area contributed by atoms with Gasteiger partial charge in [0.15, 0.2) is 0 Å². The van der Waals surface area contributed by atoms with E-state index in [9.17, 15) is 26.3 Å². The van der Waals surface area contributed by atoms with Crippen LogP contribution in [0, 0.1) is 0 Å². The smallest absolute Gasteiger partial charge is 0.398 e. The third-order valence-electron chi connectivity index (χ3n) is 2.75. The Morgan fingerprint density at radius 2 is 1.43 bits per heavy atom. The van der Waals surface area contributed by atoms with Crippen LogP contribution in [0.25, 0.3) is 11.1 Å². The van der Waals surface area contributed by atoms with E-state index in [1.807, 2.05) is 0 Å². The molecule has 2 N–H and O–H groups in total. The summed E-state index contributed by atoms with van der Waals surface area (Å²) in [6, 6.07) is 4.88. The number of hydrogen-bond donors (Lipinski definition) is 1. The Morgan fingerprint density at radius 3 is 1.90 bits per heavy atom. The molecule has 0 bridgehead atoms. The molecule has 1 aromatic carbocycles. The van der Waals surface area contributed by atoms with E-state index in [1.165, 1.54) is 6.07 Å². The minimum atomic E-state index is -4.64. The fourth-order valence-corrected chi connectivity index (χ4v) is 1.71. The first kappa shape index (κ1) is 15.1. The van der Waals surface area contributed by atoms with Gasteiger partial charge in [-0.15, -0.1) is 0 Å². The lowest BCUT2D eigenvalue weighted by Gasteiger charge is -2.12. The van der Waals surface area contributed by atoms with Crippen LogP contribution in [0.4, 0.5) is 32.0 Å². The molecular weight excluding hydrogens is 298 g/mol. The molecule has 0 atom stereocenters. The van der Waals surface area contributed by atoms with E-state index < -0.39 is 29.3 Å². The lowest BCUT2D eigenvalue weighted by Crippen LogP contribution is -2.09. The normalized spacial score (nSPS) is 12.5. The highest BCUT2D eigenvalue weighted by atomic mass is 19.4. The molecule has 21 heavy (non-hydrogen) atoms. The van der Waals surface area contributed by atoms with Gasteiger partial charge in [-0.3, -0.25) is 4.98 Å². The van der Waals surface area contributed by atoms with Gasteiger partial charge in [-0.1, -0.05) is 12.1 Å². The number of anilines is 1. The van der Waals surface area contributed by atoms with Gasteiger partial charge in [0, 0.05) is 17.4 Å². The van der Waals surface area contributed by atoms with Gasteiger partial charge in [0.2, 0.25) is 0 Å². The van der Waals surface area contributed by atoms with E-state index >= 15 is 0 Å². The first-order chi connectivity index (χ1) is 9.59. The standard InChI is InChI=1S/C13H8F6N2/c14-12(15,16)9-5-7(1-3-10(9)20)8-2-4-11(21-6-8)13(17,18)19/h1-6H,20H2. The third-order valence-corrected chi connectivity index (χ3v) is 2.75. The predicted molar refractivity (Wildman–Crippen MR) is 64.1 cm³/mol. The second kappa shape index (κ2) is 4.94. The molecule has 2 aromatic rings. The van der Waals surface area contributed by atoms with Crippen LogP contribution in [0.2, 0.25) is 0 Å². The van der Waals surface area contributed by atoms with E-state index in [1.54, 1.807) is 0 Å². The zero-order valence-electron chi connectivity index (χ0n) is 10.3. The quantitative estimate of drug-likeness (QED) is 0.627. The van der Waals surface area contributed by atoms with E-state index in [0.717, 1.165) is 24.4 Å². The molecular formula is C13H8F6N2. The highest BCUT2D eigenvalue weighted by molar-refractivity contribution is 5.67. The zero-order valence-corrected chi connectivity index (χ0v) is 10.3. The van der Waals surface area contributed by atoms with E-state index in [4.69, 9.17) is 5.73 Å². The van der Waals surface area contributed by atoms with Crippen LogP contribution < -0.4 is 5.73 Å². The molecule has 0 amide bonds. The van der Waals surface area contributed by atoms with Crippen molar-refractivity contribution in [1.29, 1.82) is 0 Å². The molecule has 112 valence electrons. The molecule has 1 heterocycles. The Hall–Kier alpha value is -2.25. The first-order valence-corrected chi connectivity index (χ1v) is 5.59. The number of nitrogen functional groups attached to an aromatic ring is 1. The zero-order chi connectivity index (χ0) is 15.8. The number of hydrogen-bond acceptors (Lipinski definition) is 2. The third kappa shape index (κ3) is 3.26. The van der Waals surface area contributed by atoms with Gasteiger partial charge in [0.05, 0.1) is 5.56 Å². The number of nitrogens with two attached hydrogens (primary N) is 1. The van der Waals surface area contributed by atoms with Crippen molar-refractivity contribution in [3.05, 3.63) is 47.8 Å². The van der Waals surface area contributed by atoms with Gasteiger partial charge in [-0.2, -0.15) is 26.3 Å². The van der Waals surface area contributed by atoms with Crippen LogP contribution in [0.3, 0.4) is 0 Å². The lowest BCUT2D eigenvalue weighted by atomic mass is 10.0. The highest BCUT2D eigenvalue weighted by Gasteiger charge is 2.34. The summed E-state index contributed by atoms with van der Waals surface area (Å²) >= 11 is 0. The molecule has 2 rings (SSSR count). The van der Waals surface area contributed by atoms with Crippen molar-refractivity contribution in [1.82, 2.24) is 4.98 Å². The van der Waals surface area contributed by atoms with E-state index in [2.05, 4.69) is 4.98 Å². The van der Waals surface area contributed by atoms with Gasteiger partial charge in [-0.25, -0.2) is 0 Å². The van der Waals surface area contributed by atoms with Crippen molar-refractivity contribution in [2.24, 2.45) is 0 Å². The Labute approximate surface area is 115 Å². The molecule has 0 aliphatic rings. The molecule has 0 spiro atoms. The van der Waals surface area contributed by atoms with Crippen LogP contribution in [-0.4, -0.2) is 4.98 Å². The van der Waals surface area contributed by atoms with Crippen LogP contribution in [0.5, 0.6) is 0 Å². The Balaban J connectivity index is 2.44. The minimum Gasteiger partial charge on any atom is -0.398 e. The molecule has 0 unspecified atom stereocenters. The molecule has 0 radical (unpaired) electrons. The molecule has 0 aliphatic heterocycles. The van der Waals surface area contributed by atoms with Crippen molar-refractivity contribution in [3.8, 4) is 11.1 Å². The fraction of sp³-hybridized carbons (Fsp3) is 0.154. The van der Waals surface area contributed by atoms with Crippen LogP contribution >= 0.6 is 0 Å². The maximum absolute atomic E-state index is 12.7. The minimum absolute atomic E-state index is 0.0812. The van der Waals surface area contributed by atoms with Crippen LogP contribution in [0.1, 0.15) is 11.3 Å². The summed E-state index contributed by atoms with van der Waals surface area (Å²) in [5.41, 5.74) is 2.86. The van der Waals surface area contributed by atoms with Crippen molar-refractivity contribution >= 4 is 5.69 Å². The molecule has 0 saturated carbocycles. The number of pyridine rings is 1. The van der Waals surface area contributed by atoms with Gasteiger partial charge in [0.25, 0.3) is 0 Å². The molecule has 0 saturated heterocycles. The summed E-state index contributed by atoms with van der Waals surface area (Å²) < 4.78 is 75.3. The van der Waals surface area contributed by atoms with Crippen molar-refractivity contribution in [3.63, 3.8) is 0 Å². The molecule has 1 aromatic heterocycles. The van der Waals surface area contributed by atoms with Gasteiger partial charge < -0.3 is 5.73 Å². The Morgan fingerprint density at radius 1 is 0.810 bits per heavy atom. The number of nitrogens with zero attached hydrogens (tertiary/aromatic N) is 1. The first-order valence-electron chi connectivity index (χ1n) is 5.59. The summed E-state index contributed by atoms with van der Waals surface area (Å²) in [5, 5.41) is 0. The summed E-state index contributed by atoms with van der Waals surface area (Å²) in [5.74, 6) is 0. The average Bonchev–Trinajstić information content (AvgIpc) is 2.37.